The Bertz CT molecular complexity index is 173. The minimum absolute atomic E-state index is 0.520. The first-order chi connectivity index (χ1) is 7.02. The van der Waals surface area contributed by atoms with Crippen molar-refractivity contribution in [2.75, 3.05) is 12.3 Å². The van der Waals surface area contributed by atoms with E-state index in [4.69, 9.17) is 0 Å². The normalized spacial score (nSPS) is 28.6. The van der Waals surface area contributed by atoms with Gasteiger partial charge in [0.15, 0.2) is 0 Å². The average Bonchev–Trinajstić information content (AvgIpc) is 2.60. The Labute approximate surface area is 99.8 Å². The Kier molecular flexibility index (Phi) is 5.48. The van der Waals surface area contributed by atoms with Gasteiger partial charge >= 0.3 is 0 Å². The minimum Gasteiger partial charge on any atom is -0.313 e. The van der Waals surface area contributed by atoms with Crippen LogP contribution in [0.15, 0.2) is 0 Å². The molecule has 0 saturated carbocycles. The quantitative estimate of drug-likeness (QED) is 0.745. The van der Waals surface area contributed by atoms with E-state index in [1.165, 1.54) is 38.0 Å². The van der Waals surface area contributed by atoms with E-state index in [-0.39, 0.29) is 0 Å². The van der Waals surface area contributed by atoms with Crippen molar-refractivity contribution in [3.63, 3.8) is 0 Å². The number of nitrogens with one attached hydrogen (secondary N) is 1. The standard InChI is InChI=1S/C13H27NS/c1-11(2)6-7-12(3)14-10-13(4)8-5-9-15-13/h11-12,14H,5-10H2,1-4H3. The molecule has 0 aromatic heterocycles. The maximum absolute atomic E-state index is 3.70. The van der Waals surface area contributed by atoms with Crippen molar-refractivity contribution in [3.05, 3.63) is 0 Å². The highest BCUT2D eigenvalue weighted by Gasteiger charge is 2.29. The summed E-state index contributed by atoms with van der Waals surface area (Å²) in [6, 6.07) is 0.686. The van der Waals surface area contributed by atoms with Gasteiger partial charge in [-0.1, -0.05) is 13.8 Å². The third kappa shape index (κ3) is 5.26. The summed E-state index contributed by atoms with van der Waals surface area (Å²) in [5, 5.41) is 3.70. The summed E-state index contributed by atoms with van der Waals surface area (Å²) in [6.45, 7) is 10.5. The maximum Gasteiger partial charge on any atom is 0.0256 e. The van der Waals surface area contributed by atoms with Crippen LogP contribution in [0, 0.1) is 5.92 Å². The topological polar surface area (TPSA) is 12.0 Å². The molecule has 2 atom stereocenters. The zero-order valence-corrected chi connectivity index (χ0v) is 11.6. The fourth-order valence-corrected chi connectivity index (χ4v) is 3.31. The Balaban J connectivity index is 2.13. The molecule has 0 aliphatic carbocycles. The predicted molar refractivity (Wildman–Crippen MR) is 71.6 cm³/mol. The van der Waals surface area contributed by atoms with Crippen LogP contribution in [0.4, 0.5) is 0 Å². The van der Waals surface area contributed by atoms with Gasteiger partial charge < -0.3 is 5.32 Å². The molecule has 1 fully saturated rings. The van der Waals surface area contributed by atoms with Crippen LogP contribution < -0.4 is 5.32 Å². The van der Waals surface area contributed by atoms with Gasteiger partial charge in [0.1, 0.15) is 0 Å². The number of hydrogen-bond acceptors (Lipinski definition) is 2. The summed E-state index contributed by atoms with van der Waals surface area (Å²) in [5.41, 5.74) is 0. The smallest absolute Gasteiger partial charge is 0.0256 e. The molecule has 90 valence electrons. The molecule has 15 heavy (non-hydrogen) atoms. The lowest BCUT2D eigenvalue weighted by molar-refractivity contribution is 0.426. The van der Waals surface area contributed by atoms with E-state index in [9.17, 15) is 0 Å². The zero-order valence-electron chi connectivity index (χ0n) is 10.8. The fourth-order valence-electron chi connectivity index (χ4n) is 2.05. The van der Waals surface area contributed by atoms with Gasteiger partial charge in [0.2, 0.25) is 0 Å². The van der Waals surface area contributed by atoms with Crippen molar-refractivity contribution in [1.29, 1.82) is 0 Å². The van der Waals surface area contributed by atoms with Crippen LogP contribution in [0.2, 0.25) is 0 Å². The van der Waals surface area contributed by atoms with Gasteiger partial charge in [-0.2, -0.15) is 11.8 Å². The van der Waals surface area contributed by atoms with Crippen LogP contribution in [0.3, 0.4) is 0 Å². The van der Waals surface area contributed by atoms with Crippen LogP contribution in [-0.2, 0) is 0 Å². The molecular weight excluding hydrogens is 202 g/mol. The fraction of sp³-hybridized carbons (Fsp3) is 1.00. The molecule has 1 aliphatic heterocycles. The summed E-state index contributed by atoms with van der Waals surface area (Å²) in [6.07, 6.45) is 5.46. The van der Waals surface area contributed by atoms with E-state index in [0.29, 0.717) is 10.8 Å². The van der Waals surface area contributed by atoms with E-state index < -0.39 is 0 Å². The van der Waals surface area contributed by atoms with E-state index in [2.05, 4.69) is 44.8 Å². The van der Waals surface area contributed by atoms with Gasteiger partial charge in [0.25, 0.3) is 0 Å². The van der Waals surface area contributed by atoms with Gasteiger partial charge in [0.05, 0.1) is 0 Å². The second-order valence-electron chi connectivity index (χ2n) is 5.66. The molecule has 2 heteroatoms. The Morgan fingerprint density at radius 1 is 1.27 bits per heavy atom. The average molecular weight is 229 g/mol. The Morgan fingerprint density at radius 3 is 2.53 bits per heavy atom. The largest absolute Gasteiger partial charge is 0.313 e. The van der Waals surface area contributed by atoms with Crippen LogP contribution in [0.1, 0.15) is 53.4 Å². The molecule has 1 nitrogen and oxygen atoms in total. The van der Waals surface area contributed by atoms with E-state index >= 15 is 0 Å². The molecule has 0 amide bonds. The number of thioether (sulfide) groups is 1. The van der Waals surface area contributed by atoms with Crippen molar-refractivity contribution >= 4 is 11.8 Å². The monoisotopic (exact) mass is 229 g/mol. The first kappa shape index (κ1) is 13.4. The van der Waals surface area contributed by atoms with Gasteiger partial charge in [-0.25, -0.2) is 0 Å². The first-order valence-electron chi connectivity index (χ1n) is 6.39. The van der Waals surface area contributed by atoms with Crippen molar-refractivity contribution in [2.24, 2.45) is 5.92 Å². The molecule has 2 unspecified atom stereocenters. The van der Waals surface area contributed by atoms with Crippen LogP contribution >= 0.6 is 11.8 Å². The summed E-state index contributed by atoms with van der Waals surface area (Å²) >= 11 is 2.15. The predicted octanol–water partition coefficient (Wildman–Crippen LogP) is 3.69. The highest BCUT2D eigenvalue weighted by atomic mass is 32.2. The Morgan fingerprint density at radius 2 is 2.00 bits per heavy atom. The van der Waals surface area contributed by atoms with E-state index in [0.717, 1.165) is 5.92 Å². The number of rotatable bonds is 6. The SMILES string of the molecule is CC(C)CCC(C)NCC1(C)CCCS1. The lowest BCUT2D eigenvalue weighted by atomic mass is 10.0. The first-order valence-corrected chi connectivity index (χ1v) is 7.38. The van der Waals surface area contributed by atoms with Crippen LogP contribution in [0.5, 0.6) is 0 Å². The van der Waals surface area contributed by atoms with Crippen LogP contribution in [-0.4, -0.2) is 23.1 Å². The highest BCUT2D eigenvalue weighted by Crippen LogP contribution is 2.37. The number of hydrogen-bond donors (Lipinski definition) is 1. The minimum atomic E-state index is 0.520. The summed E-state index contributed by atoms with van der Waals surface area (Å²) < 4.78 is 0.520. The maximum atomic E-state index is 3.70. The van der Waals surface area contributed by atoms with E-state index in [1.54, 1.807) is 0 Å². The molecule has 0 spiro atoms. The lowest BCUT2D eigenvalue weighted by Gasteiger charge is -2.26. The van der Waals surface area contributed by atoms with Gasteiger partial charge in [0, 0.05) is 17.3 Å². The van der Waals surface area contributed by atoms with Crippen LogP contribution in [0.25, 0.3) is 0 Å². The molecule has 1 saturated heterocycles. The Hall–Kier alpha value is 0.310. The van der Waals surface area contributed by atoms with Gasteiger partial charge in [-0.05, 0) is 51.2 Å². The van der Waals surface area contributed by atoms with E-state index in [1.807, 2.05) is 0 Å². The lowest BCUT2D eigenvalue weighted by Crippen LogP contribution is -2.38. The van der Waals surface area contributed by atoms with Crippen molar-refractivity contribution < 1.29 is 0 Å². The van der Waals surface area contributed by atoms with Gasteiger partial charge in [-0.15, -0.1) is 0 Å². The second-order valence-corrected chi connectivity index (χ2v) is 7.34. The molecule has 1 N–H and O–H groups in total. The third-order valence-electron chi connectivity index (χ3n) is 3.30. The highest BCUT2D eigenvalue weighted by molar-refractivity contribution is 8.00. The molecule has 0 aromatic rings. The molecule has 0 bridgehead atoms. The van der Waals surface area contributed by atoms with Gasteiger partial charge in [-0.3, -0.25) is 0 Å². The second kappa shape index (κ2) is 6.15. The summed E-state index contributed by atoms with van der Waals surface area (Å²) in [7, 11) is 0. The molecule has 0 radical (unpaired) electrons. The molecular formula is C13H27NS. The molecule has 1 heterocycles. The van der Waals surface area contributed by atoms with Crippen molar-refractivity contribution in [1.82, 2.24) is 5.32 Å². The van der Waals surface area contributed by atoms with Crippen molar-refractivity contribution in [3.8, 4) is 0 Å². The van der Waals surface area contributed by atoms with Crippen molar-refractivity contribution in [2.45, 2.75) is 64.2 Å². The zero-order chi connectivity index (χ0) is 11.3. The molecule has 0 aromatic carbocycles. The summed E-state index contributed by atoms with van der Waals surface area (Å²) in [5.74, 6) is 2.20. The molecule has 1 rings (SSSR count). The molecule has 1 aliphatic rings. The summed E-state index contributed by atoms with van der Waals surface area (Å²) in [4.78, 5) is 0. The third-order valence-corrected chi connectivity index (χ3v) is 4.84.